The molecule has 2 aromatic carbocycles. The molecule has 0 aliphatic rings. The molecule has 0 atom stereocenters. The van der Waals surface area contributed by atoms with E-state index in [4.69, 9.17) is 27.9 Å². The van der Waals surface area contributed by atoms with Crippen LogP contribution in [-0.2, 0) is 4.74 Å². The molecule has 0 spiro atoms. The predicted octanol–water partition coefficient (Wildman–Crippen LogP) is 6.59. The monoisotopic (exact) mass is 514 g/mol. The Labute approximate surface area is 213 Å². The zero-order chi connectivity index (χ0) is 24.5. The number of anilines is 1. The fourth-order valence-electron chi connectivity index (χ4n) is 3.08. The van der Waals surface area contributed by atoms with Crippen LogP contribution >= 0.6 is 34.5 Å². The molecule has 6 nitrogen and oxygen atoms in total. The largest absolute Gasteiger partial charge is 0.461 e. The van der Waals surface area contributed by atoms with Crippen LogP contribution in [0.25, 0.3) is 16.8 Å². The first-order valence-electron chi connectivity index (χ1n) is 10.7. The summed E-state index contributed by atoms with van der Waals surface area (Å²) in [5, 5.41) is 16.0. The van der Waals surface area contributed by atoms with Crippen LogP contribution < -0.4 is 5.32 Å². The number of thiazole rings is 1. The lowest BCUT2D eigenvalue weighted by Gasteiger charge is -2.17. The van der Waals surface area contributed by atoms with Gasteiger partial charge in [0.15, 0.2) is 0 Å². The maximum absolute atomic E-state index is 12.2. The van der Waals surface area contributed by atoms with Crippen molar-refractivity contribution >= 4 is 51.8 Å². The molecule has 1 aromatic heterocycles. The number of allylic oxidation sites excluding steroid dienone is 1. The van der Waals surface area contributed by atoms with Crippen molar-refractivity contribution in [1.29, 1.82) is 5.26 Å². The van der Waals surface area contributed by atoms with Gasteiger partial charge in [-0.25, -0.2) is 9.78 Å². The second kappa shape index (κ2) is 12.5. The molecule has 176 valence electrons. The van der Waals surface area contributed by atoms with E-state index in [0.717, 1.165) is 24.3 Å². The number of ether oxygens (including phenoxy) is 1. The molecular weight excluding hydrogens is 491 g/mol. The van der Waals surface area contributed by atoms with Gasteiger partial charge in [0.2, 0.25) is 0 Å². The summed E-state index contributed by atoms with van der Waals surface area (Å²) in [4.78, 5) is 19.0. The van der Waals surface area contributed by atoms with Crippen molar-refractivity contribution in [2.24, 2.45) is 0 Å². The molecule has 0 aliphatic carbocycles. The molecule has 0 amide bonds. The fraction of sp³-hybridized carbons (Fsp3) is 0.240. The summed E-state index contributed by atoms with van der Waals surface area (Å²) in [6.07, 6.45) is 1.59. The van der Waals surface area contributed by atoms with Crippen molar-refractivity contribution in [3.8, 4) is 17.3 Å². The van der Waals surface area contributed by atoms with Gasteiger partial charge in [0.25, 0.3) is 0 Å². The third-order valence-electron chi connectivity index (χ3n) is 5.11. The number of hydrogen-bond donors (Lipinski definition) is 1. The minimum absolute atomic E-state index is 0.354. The summed E-state index contributed by atoms with van der Waals surface area (Å²) in [6.45, 7) is 7.06. The summed E-state index contributed by atoms with van der Waals surface area (Å²) in [5.41, 5.74) is 3.12. The topological polar surface area (TPSA) is 78.2 Å². The van der Waals surface area contributed by atoms with Gasteiger partial charge >= 0.3 is 5.97 Å². The highest BCUT2D eigenvalue weighted by Gasteiger charge is 2.11. The van der Waals surface area contributed by atoms with Crippen LogP contribution in [0.2, 0.25) is 10.0 Å². The van der Waals surface area contributed by atoms with E-state index in [1.54, 1.807) is 42.6 Å². The average Bonchev–Trinajstić information content (AvgIpc) is 3.34. The lowest BCUT2D eigenvalue weighted by molar-refractivity contribution is 0.0466. The second-order valence-corrected chi connectivity index (χ2v) is 8.89. The van der Waals surface area contributed by atoms with Gasteiger partial charge in [-0.2, -0.15) is 5.26 Å². The first-order chi connectivity index (χ1) is 16.4. The number of nitrogens with zero attached hydrogens (tertiary/aromatic N) is 3. The summed E-state index contributed by atoms with van der Waals surface area (Å²) < 4.78 is 5.35. The van der Waals surface area contributed by atoms with Crippen molar-refractivity contribution < 1.29 is 9.53 Å². The SMILES string of the molecule is CCN(CC)CCOC(=O)c1ccc(N/C=C(/C#N)c2nc(-c3ccc(Cl)c(Cl)c3)cs2)cc1. The van der Waals surface area contributed by atoms with E-state index in [0.29, 0.717) is 45.0 Å². The lowest BCUT2D eigenvalue weighted by Crippen LogP contribution is -2.27. The van der Waals surface area contributed by atoms with Gasteiger partial charge in [0, 0.05) is 29.4 Å². The van der Waals surface area contributed by atoms with Crippen LogP contribution in [-0.4, -0.2) is 42.1 Å². The Hall–Kier alpha value is -2.89. The minimum Gasteiger partial charge on any atom is -0.461 e. The second-order valence-electron chi connectivity index (χ2n) is 7.22. The number of carbonyl (C=O) groups excluding carboxylic acids is 1. The van der Waals surface area contributed by atoms with E-state index >= 15 is 0 Å². The maximum atomic E-state index is 12.2. The summed E-state index contributed by atoms with van der Waals surface area (Å²) in [6, 6.07) is 14.3. The predicted molar refractivity (Wildman–Crippen MR) is 139 cm³/mol. The van der Waals surface area contributed by atoms with Crippen LogP contribution in [0.1, 0.15) is 29.2 Å². The summed E-state index contributed by atoms with van der Waals surface area (Å²) >= 11 is 13.4. The normalized spacial score (nSPS) is 11.4. The Morgan fingerprint density at radius 3 is 2.56 bits per heavy atom. The van der Waals surface area contributed by atoms with E-state index in [-0.39, 0.29) is 5.97 Å². The number of halogens is 2. The van der Waals surface area contributed by atoms with E-state index in [9.17, 15) is 10.1 Å². The Balaban J connectivity index is 1.62. The average molecular weight is 515 g/mol. The minimum atomic E-state index is -0.357. The molecule has 0 aliphatic heterocycles. The number of likely N-dealkylation sites (N-methyl/N-ethyl adjacent to an activating group) is 1. The molecule has 0 fully saturated rings. The fourth-order valence-corrected chi connectivity index (χ4v) is 4.17. The van der Waals surface area contributed by atoms with Crippen LogP contribution in [0.15, 0.2) is 54.0 Å². The number of carbonyl (C=O) groups is 1. The molecule has 1 N–H and O–H groups in total. The standard InChI is InChI=1S/C25H24Cl2N4O2S/c1-3-31(4-2)11-12-33-25(32)17-5-8-20(9-6-17)29-15-19(14-28)24-30-23(16-34-24)18-7-10-21(26)22(27)13-18/h5-10,13,15-16,29H,3-4,11-12H2,1-2H3/b19-15-. The summed E-state index contributed by atoms with van der Waals surface area (Å²) in [7, 11) is 0. The first-order valence-corrected chi connectivity index (χ1v) is 12.4. The summed E-state index contributed by atoms with van der Waals surface area (Å²) in [5.74, 6) is -0.357. The number of benzene rings is 2. The van der Waals surface area contributed by atoms with E-state index in [1.165, 1.54) is 11.3 Å². The maximum Gasteiger partial charge on any atom is 0.338 e. The number of esters is 1. The smallest absolute Gasteiger partial charge is 0.338 e. The number of nitriles is 1. The molecule has 3 aromatic rings. The molecule has 3 rings (SSSR count). The highest BCUT2D eigenvalue weighted by Crippen LogP contribution is 2.30. The molecule has 0 saturated heterocycles. The third kappa shape index (κ3) is 6.81. The van der Waals surface area contributed by atoms with Crippen molar-refractivity contribution in [3.05, 3.63) is 74.7 Å². The number of rotatable bonds is 10. The van der Waals surface area contributed by atoms with Gasteiger partial charge in [-0.05, 0) is 49.5 Å². The first kappa shape index (κ1) is 25.7. The van der Waals surface area contributed by atoms with E-state index < -0.39 is 0 Å². The van der Waals surface area contributed by atoms with Gasteiger partial charge in [-0.15, -0.1) is 11.3 Å². The van der Waals surface area contributed by atoms with Crippen molar-refractivity contribution in [3.63, 3.8) is 0 Å². The molecule has 9 heteroatoms. The van der Waals surface area contributed by atoms with Crippen molar-refractivity contribution in [2.45, 2.75) is 13.8 Å². The number of nitrogens with one attached hydrogen (secondary N) is 1. The van der Waals surface area contributed by atoms with Crippen molar-refractivity contribution in [2.75, 3.05) is 31.6 Å². The molecular formula is C25H24Cl2N4O2S. The molecule has 0 radical (unpaired) electrons. The number of aromatic nitrogens is 1. The molecule has 34 heavy (non-hydrogen) atoms. The Bertz CT molecular complexity index is 1200. The van der Waals surface area contributed by atoms with Gasteiger partial charge in [0.05, 0.1) is 21.3 Å². The van der Waals surface area contributed by atoms with E-state index in [1.807, 2.05) is 11.4 Å². The van der Waals surface area contributed by atoms with Gasteiger partial charge in [-0.3, -0.25) is 0 Å². The molecule has 0 bridgehead atoms. The van der Waals surface area contributed by atoms with Crippen LogP contribution in [0.4, 0.5) is 5.69 Å². The third-order valence-corrected chi connectivity index (χ3v) is 6.72. The van der Waals surface area contributed by atoms with Gasteiger partial charge < -0.3 is 15.0 Å². The van der Waals surface area contributed by atoms with Crippen molar-refractivity contribution in [1.82, 2.24) is 9.88 Å². The Morgan fingerprint density at radius 1 is 1.18 bits per heavy atom. The molecule has 0 saturated carbocycles. The number of hydrogen-bond acceptors (Lipinski definition) is 7. The zero-order valence-corrected chi connectivity index (χ0v) is 21.2. The van der Waals surface area contributed by atoms with Crippen LogP contribution in [0, 0.1) is 11.3 Å². The van der Waals surface area contributed by atoms with Crippen LogP contribution in [0.5, 0.6) is 0 Å². The highest BCUT2D eigenvalue weighted by atomic mass is 35.5. The highest BCUT2D eigenvalue weighted by molar-refractivity contribution is 7.11. The van der Waals surface area contributed by atoms with Crippen LogP contribution in [0.3, 0.4) is 0 Å². The molecule has 1 heterocycles. The van der Waals surface area contributed by atoms with Gasteiger partial charge in [0.1, 0.15) is 23.3 Å². The van der Waals surface area contributed by atoms with E-state index in [2.05, 4.69) is 35.1 Å². The Kier molecular flexibility index (Phi) is 9.49. The Morgan fingerprint density at radius 2 is 1.91 bits per heavy atom. The quantitative estimate of drug-likeness (QED) is 0.242. The molecule has 0 unspecified atom stereocenters. The zero-order valence-electron chi connectivity index (χ0n) is 18.8. The lowest BCUT2D eigenvalue weighted by atomic mass is 10.2. The van der Waals surface area contributed by atoms with Gasteiger partial charge in [-0.1, -0.05) is 43.1 Å².